The molecule has 0 aliphatic carbocycles. The first-order chi connectivity index (χ1) is 9.56. The van der Waals surface area contributed by atoms with Crippen LogP contribution in [0.4, 0.5) is 4.39 Å². The van der Waals surface area contributed by atoms with Gasteiger partial charge in [-0.15, -0.1) is 0 Å². The van der Waals surface area contributed by atoms with E-state index in [1.165, 1.54) is 24.3 Å². The van der Waals surface area contributed by atoms with E-state index < -0.39 is 23.0 Å². The number of hydrogen-bond acceptors (Lipinski definition) is 2. The molecule has 0 unspecified atom stereocenters. The Hall–Kier alpha value is -2.11. The van der Waals surface area contributed by atoms with Crippen molar-refractivity contribution < 1.29 is 18.8 Å². The molecule has 0 aromatic heterocycles. The minimum absolute atomic E-state index is 0.0605. The summed E-state index contributed by atoms with van der Waals surface area (Å²) in [6.07, 6.45) is 3.50. The zero-order valence-corrected chi connectivity index (χ0v) is 11.0. The number of aromatic carboxylic acids is 1. The van der Waals surface area contributed by atoms with E-state index in [1.54, 1.807) is 24.3 Å². The van der Waals surface area contributed by atoms with E-state index in [2.05, 4.69) is 0 Å². The molecule has 2 aromatic rings. The fourth-order valence-corrected chi connectivity index (χ4v) is 3.46. The van der Waals surface area contributed by atoms with Crippen molar-refractivity contribution in [3.8, 4) is 0 Å². The van der Waals surface area contributed by atoms with Gasteiger partial charge < -0.3 is 9.66 Å². The summed E-state index contributed by atoms with van der Waals surface area (Å²) < 4.78 is 25.9. The maximum absolute atomic E-state index is 13.3. The van der Waals surface area contributed by atoms with Crippen LogP contribution < -0.4 is 0 Å². The third kappa shape index (κ3) is 2.11. The molecule has 0 bridgehead atoms. The van der Waals surface area contributed by atoms with Gasteiger partial charge in [-0.1, -0.05) is 0 Å². The number of rotatable bonds is 1. The average Bonchev–Trinajstić information content (AvgIpc) is 2.57. The zero-order valence-electron chi connectivity index (χ0n) is 10.2. The van der Waals surface area contributed by atoms with Gasteiger partial charge in [0.1, 0.15) is 5.82 Å². The summed E-state index contributed by atoms with van der Waals surface area (Å²) in [5.41, 5.74) is 1.40. The highest BCUT2D eigenvalue weighted by atomic mass is 32.2. The first-order valence-electron chi connectivity index (χ1n) is 5.83. The molecule has 3 rings (SSSR count). The van der Waals surface area contributed by atoms with Gasteiger partial charge in [-0.05, 0) is 36.4 Å². The predicted molar refractivity (Wildman–Crippen MR) is 73.4 cm³/mol. The summed E-state index contributed by atoms with van der Waals surface area (Å²) in [7, 11) is 0. The molecule has 1 aliphatic rings. The molecule has 1 heterocycles. The van der Waals surface area contributed by atoms with Gasteiger partial charge >= 0.3 is 5.97 Å². The molecule has 5 heteroatoms. The van der Waals surface area contributed by atoms with Crippen LogP contribution in [0, 0.1) is 5.82 Å². The highest BCUT2D eigenvalue weighted by molar-refractivity contribution is 7.91. The van der Waals surface area contributed by atoms with E-state index in [0.717, 1.165) is 0 Å². The Balaban J connectivity index is 2.21. The molecular weight excluding hydrogens is 279 g/mol. The molecule has 0 fully saturated rings. The van der Waals surface area contributed by atoms with Crippen LogP contribution in [0.1, 0.15) is 21.5 Å². The van der Waals surface area contributed by atoms with Crippen LogP contribution >= 0.6 is 0 Å². The van der Waals surface area contributed by atoms with Gasteiger partial charge in [0.15, 0.2) is 9.79 Å². The smallest absolute Gasteiger partial charge is 0.335 e. The molecule has 2 aromatic carbocycles. The first kappa shape index (κ1) is 12.9. The van der Waals surface area contributed by atoms with E-state index in [9.17, 15) is 13.7 Å². The minimum atomic E-state index is -1.61. The van der Waals surface area contributed by atoms with Crippen LogP contribution in [0.5, 0.6) is 0 Å². The molecule has 1 atom stereocenters. The number of carboxylic acid groups (broad SMARTS) is 1. The van der Waals surface area contributed by atoms with Crippen molar-refractivity contribution in [3.63, 3.8) is 0 Å². The largest absolute Gasteiger partial charge is 0.606 e. The molecular formula is C15H9FO3S. The van der Waals surface area contributed by atoms with Crippen molar-refractivity contribution in [2.45, 2.75) is 9.79 Å². The number of fused-ring (bicyclic) bond motifs is 2. The Morgan fingerprint density at radius 1 is 1.05 bits per heavy atom. The first-order valence-corrected chi connectivity index (χ1v) is 6.98. The maximum Gasteiger partial charge on any atom is 0.335 e. The molecule has 0 spiro atoms. The summed E-state index contributed by atoms with van der Waals surface area (Å²) in [5, 5.41) is 9.01. The van der Waals surface area contributed by atoms with Crippen LogP contribution in [0.2, 0.25) is 0 Å². The summed E-state index contributed by atoms with van der Waals surface area (Å²) in [5.74, 6) is -1.55. The van der Waals surface area contributed by atoms with Crippen molar-refractivity contribution >= 4 is 29.3 Å². The maximum atomic E-state index is 13.3. The van der Waals surface area contributed by atoms with Crippen LogP contribution in [0.3, 0.4) is 0 Å². The van der Waals surface area contributed by atoms with E-state index in [-0.39, 0.29) is 5.56 Å². The van der Waals surface area contributed by atoms with E-state index >= 15 is 0 Å². The highest BCUT2D eigenvalue weighted by Gasteiger charge is 2.25. The van der Waals surface area contributed by atoms with Crippen LogP contribution in [-0.2, 0) is 11.2 Å². The second-order valence-electron chi connectivity index (χ2n) is 4.34. The lowest BCUT2D eigenvalue weighted by atomic mass is 10.1. The van der Waals surface area contributed by atoms with Crippen LogP contribution in [-0.4, -0.2) is 15.6 Å². The van der Waals surface area contributed by atoms with Gasteiger partial charge in [0.05, 0.1) is 5.56 Å². The molecule has 3 nitrogen and oxygen atoms in total. The van der Waals surface area contributed by atoms with Crippen molar-refractivity contribution in [2.75, 3.05) is 0 Å². The molecule has 0 radical (unpaired) electrons. The van der Waals surface area contributed by atoms with Gasteiger partial charge in [-0.25, -0.2) is 9.18 Å². The van der Waals surface area contributed by atoms with Gasteiger partial charge in [-0.3, -0.25) is 0 Å². The van der Waals surface area contributed by atoms with Crippen molar-refractivity contribution in [1.82, 2.24) is 0 Å². The Morgan fingerprint density at radius 3 is 2.30 bits per heavy atom. The monoisotopic (exact) mass is 288 g/mol. The Bertz CT molecular complexity index is 740. The molecule has 100 valence electrons. The van der Waals surface area contributed by atoms with Crippen molar-refractivity contribution in [3.05, 3.63) is 58.9 Å². The highest BCUT2D eigenvalue weighted by Crippen LogP contribution is 2.33. The van der Waals surface area contributed by atoms with Crippen LogP contribution in [0.15, 0.2) is 46.2 Å². The second kappa shape index (κ2) is 4.77. The number of benzene rings is 2. The van der Waals surface area contributed by atoms with Crippen molar-refractivity contribution in [2.24, 2.45) is 0 Å². The molecule has 0 saturated heterocycles. The molecule has 1 aliphatic heterocycles. The molecule has 0 amide bonds. The van der Waals surface area contributed by atoms with E-state index in [0.29, 0.717) is 20.9 Å². The Kier molecular flexibility index (Phi) is 3.08. The van der Waals surface area contributed by atoms with E-state index in [4.69, 9.17) is 5.11 Å². The third-order valence-electron chi connectivity index (χ3n) is 3.08. The summed E-state index contributed by atoms with van der Waals surface area (Å²) >= 11 is -1.61. The Labute approximate surface area is 117 Å². The normalized spacial score (nSPS) is 16.2. The summed E-state index contributed by atoms with van der Waals surface area (Å²) in [6, 6.07) is 8.52. The number of halogens is 1. The summed E-state index contributed by atoms with van der Waals surface area (Å²) in [4.78, 5) is 11.7. The topological polar surface area (TPSA) is 60.4 Å². The van der Waals surface area contributed by atoms with Gasteiger partial charge in [-0.2, -0.15) is 0 Å². The van der Waals surface area contributed by atoms with Crippen LogP contribution in [0.25, 0.3) is 12.2 Å². The third-order valence-corrected chi connectivity index (χ3v) is 4.58. The number of carbonyl (C=O) groups is 1. The zero-order chi connectivity index (χ0) is 14.3. The van der Waals surface area contributed by atoms with E-state index in [1.807, 2.05) is 0 Å². The predicted octanol–water partition coefficient (Wildman–Crippen LogP) is 3.17. The fourth-order valence-electron chi connectivity index (χ4n) is 2.07. The quantitative estimate of drug-likeness (QED) is 0.820. The molecule has 1 N–H and O–H groups in total. The summed E-state index contributed by atoms with van der Waals surface area (Å²) in [6.45, 7) is 0. The fraction of sp³-hybridized carbons (Fsp3) is 0. The standard InChI is InChI=1S/C15H9FO3S/c16-12-6-5-10-2-1-9-3-4-11(15(17)18)7-13(9)20(19)14(10)8-12/h1-8H,(H,17,18)/t20-/m1/s1. The Morgan fingerprint density at radius 2 is 1.65 bits per heavy atom. The minimum Gasteiger partial charge on any atom is -0.606 e. The number of hydrogen-bond donors (Lipinski definition) is 1. The lowest BCUT2D eigenvalue weighted by molar-refractivity contribution is 0.0696. The van der Waals surface area contributed by atoms with Gasteiger partial charge in [0.25, 0.3) is 0 Å². The lowest BCUT2D eigenvalue weighted by Gasteiger charge is -2.12. The SMILES string of the molecule is O=C(O)c1ccc2c(c1)[S@@+]([O-])c1cc(F)ccc1C=C2. The lowest BCUT2D eigenvalue weighted by Crippen LogP contribution is -2.07. The second-order valence-corrected chi connectivity index (χ2v) is 5.76. The number of carboxylic acids is 1. The molecule has 0 saturated carbocycles. The average molecular weight is 288 g/mol. The van der Waals surface area contributed by atoms with Gasteiger partial charge in [0, 0.05) is 34.4 Å². The molecule has 20 heavy (non-hydrogen) atoms. The van der Waals surface area contributed by atoms with Crippen molar-refractivity contribution in [1.29, 1.82) is 0 Å². The van der Waals surface area contributed by atoms with Gasteiger partial charge in [0.2, 0.25) is 0 Å².